The van der Waals surface area contributed by atoms with Crippen molar-refractivity contribution in [2.75, 3.05) is 13.1 Å². The van der Waals surface area contributed by atoms with Gasteiger partial charge >= 0.3 is 0 Å². The van der Waals surface area contributed by atoms with Crippen LogP contribution in [0.15, 0.2) is 36.7 Å². The Hall–Kier alpha value is -2.14. The van der Waals surface area contributed by atoms with Gasteiger partial charge in [-0.25, -0.2) is 4.98 Å². The minimum atomic E-state index is -0.377. The number of benzene rings is 1. The second-order valence-corrected chi connectivity index (χ2v) is 5.61. The third-order valence-corrected chi connectivity index (χ3v) is 4.06. The number of nitrogens with zero attached hydrogens (tertiary/aromatic N) is 2. The van der Waals surface area contributed by atoms with Crippen LogP contribution >= 0.6 is 0 Å². The minimum Gasteiger partial charge on any atom is -0.366 e. The maximum atomic E-state index is 11.1. The highest BCUT2D eigenvalue weighted by Crippen LogP contribution is 2.25. The molecular formula is C16H20N4O. The molecule has 0 unspecified atom stereocenters. The van der Waals surface area contributed by atoms with Crippen molar-refractivity contribution in [3.63, 3.8) is 0 Å². The maximum absolute atomic E-state index is 11.1. The van der Waals surface area contributed by atoms with E-state index in [0.717, 1.165) is 25.5 Å². The number of nitrogens with two attached hydrogens (primary N) is 1. The Morgan fingerprint density at radius 1 is 1.38 bits per heavy atom. The summed E-state index contributed by atoms with van der Waals surface area (Å²) in [5, 5.41) is 0. The molecule has 3 N–H and O–H groups in total. The molecule has 3 rings (SSSR count). The molecule has 0 aliphatic carbocycles. The quantitative estimate of drug-likeness (QED) is 0.900. The lowest BCUT2D eigenvalue weighted by Gasteiger charge is -2.31. The van der Waals surface area contributed by atoms with E-state index in [9.17, 15) is 4.79 Å². The van der Waals surface area contributed by atoms with E-state index in [1.54, 1.807) is 12.1 Å². The Kier molecular flexibility index (Phi) is 4.01. The fourth-order valence-electron chi connectivity index (χ4n) is 2.96. The zero-order chi connectivity index (χ0) is 14.7. The van der Waals surface area contributed by atoms with E-state index in [1.165, 1.54) is 18.4 Å². The second-order valence-electron chi connectivity index (χ2n) is 5.61. The SMILES string of the molecule is NC(=O)c1ccc(CN2CCC[C@@H](c3ncc[nH]3)C2)cc1. The summed E-state index contributed by atoms with van der Waals surface area (Å²) in [4.78, 5) is 21.1. The zero-order valence-electron chi connectivity index (χ0n) is 12.0. The van der Waals surface area contributed by atoms with Crippen LogP contribution in [-0.4, -0.2) is 33.9 Å². The number of piperidine rings is 1. The number of nitrogens with one attached hydrogen (secondary N) is 1. The van der Waals surface area contributed by atoms with Gasteiger partial charge in [-0.2, -0.15) is 0 Å². The molecule has 0 spiro atoms. The zero-order valence-corrected chi connectivity index (χ0v) is 12.0. The summed E-state index contributed by atoms with van der Waals surface area (Å²) < 4.78 is 0. The Bertz CT molecular complexity index is 591. The molecule has 1 aromatic heterocycles. The second kappa shape index (κ2) is 6.10. The number of hydrogen-bond donors (Lipinski definition) is 2. The van der Waals surface area contributed by atoms with Gasteiger partial charge in [-0.15, -0.1) is 0 Å². The molecular weight excluding hydrogens is 264 g/mol. The Morgan fingerprint density at radius 3 is 2.86 bits per heavy atom. The molecule has 1 saturated heterocycles. The normalized spacial score (nSPS) is 19.5. The van der Waals surface area contributed by atoms with E-state index in [-0.39, 0.29) is 5.91 Å². The number of primary amides is 1. The highest BCUT2D eigenvalue weighted by Gasteiger charge is 2.22. The smallest absolute Gasteiger partial charge is 0.248 e. The number of H-pyrrole nitrogens is 1. The first-order chi connectivity index (χ1) is 10.2. The number of likely N-dealkylation sites (tertiary alicyclic amines) is 1. The molecule has 1 aliphatic rings. The van der Waals surface area contributed by atoms with Crippen molar-refractivity contribution < 1.29 is 4.79 Å². The van der Waals surface area contributed by atoms with Gasteiger partial charge in [0.15, 0.2) is 0 Å². The van der Waals surface area contributed by atoms with E-state index in [0.29, 0.717) is 11.5 Å². The predicted molar refractivity (Wildman–Crippen MR) is 80.8 cm³/mol. The highest BCUT2D eigenvalue weighted by atomic mass is 16.1. The van der Waals surface area contributed by atoms with E-state index in [2.05, 4.69) is 14.9 Å². The minimum absolute atomic E-state index is 0.377. The Balaban J connectivity index is 1.63. The fourth-order valence-corrected chi connectivity index (χ4v) is 2.96. The van der Waals surface area contributed by atoms with E-state index < -0.39 is 0 Å². The average molecular weight is 284 g/mol. The number of hydrogen-bond acceptors (Lipinski definition) is 3. The standard InChI is InChI=1S/C16H20N4O/c17-15(21)13-5-3-12(4-6-13)10-20-9-1-2-14(11-20)16-18-7-8-19-16/h3-8,14H,1-2,9-11H2,(H2,17,21)(H,18,19)/t14-/m1/s1. The number of amides is 1. The number of aromatic amines is 1. The number of carbonyl (C=O) groups is 1. The van der Waals surface area contributed by atoms with Gasteiger partial charge in [0.25, 0.3) is 0 Å². The molecule has 21 heavy (non-hydrogen) atoms. The van der Waals surface area contributed by atoms with Crippen LogP contribution in [0.4, 0.5) is 0 Å². The van der Waals surface area contributed by atoms with Crippen molar-refractivity contribution >= 4 is 5.91 Å². The molecule has 1 atom stereocenters. The molecule has 1 fully saturated rings. The lowest BCUT2D eigenvalue weighted by Crippen LogP contribution is -2.34. The van der Waals surface area contributed by atoms with Crippen molar-refractivity contribution in [2.45, 2.75) is 25.3 Å². The molecule has 0 radical (unpaired) electrons. The number of imidazole rings is 1. The van der Waals surface area contributed by atoms with Crippen LogP contribution in [0, 0.1) is 0 Å². The van der Waals surface area contributed by atoms with Gasteiger partial charge in [0.05, 0.1) is 0 Å². The monoisotopic (exact) mass is 284 g/mol. The van der Waals surface area contributed by atoms with E-state index >= 15 is 0 Å². The first-order valence-electron chi connectivity index (χ1n) is 7.33. The van der Waals surface area contributed by atoms with Crippen LogP contribution in [0.2, 0.25) is 0 Å². The summed E-state index contributed by atoms with van der Waals surface area (Å²) in [7, 11) is 0. The van der Waals surface area contributed by atoms with Gasteiger partial charge in [-0.1, -0.05) is 12.1 Å². The average Bonchev–Trinajstić information content (AvgIpc) is 3.02. The van der Waals surface area contributed by atoms with Crippen LogP contribution in [-0.2, 0) is 6.54 Å². The van der Waals surface area contributed by atoms with E-state index in [4.69, 9.17) is 5.73 Å². The molecule has 1 aliphatic heterocycles. The molecule has 110 valence electrons. The molecule has 2 heterocycles. The summed E-state index contributed by atoms with van der Waals surface area (Å²) >= 11 is 0. The maximum Gasteiger partial charge on any atom is 0.248 e. The van der Waals surface area contributed by atoms with Gasteiger partial charge in [-0.05, 0) is 37.1 Å². The van der Waals surface area contributed by atoms with Crippen molar-refractivity contribution in [1.29, 1.82) is 0 Å². The summed E-state index contributed by atoms with van der Waals surface area (Å²) in [5.41, 5.74) is 7.03. The summed E-state index contributed by atoms with van der Waals surface area (Å²) in [5.74, 6) is 1.19. The number of aromatic nitrogens is 2. The van der Waals surface area contributed by atoms with E-state index in [1.807, 2.05) is 24.5 Å². The molecule has 1 aromatic carbocycles. The Labute approximate surface area is 124 Å². The molecule has 0 saturated carbocycles. The molecule has 0 bridgehead atoms. The Morgan fingerprint density at radius 2 is 2.19 bits per heavy atom. The lowest BCUT2D eigenvalue weighted by atomic mass is 9.97. The third kappa shape index (κ3) is 3.31. The van der Waals surface area contributed by atoms with Gasteiger partial charge in [0.2, 0.25) is 5.91 Å². The number of rotatable bonds is 4. The topological polar surface area (TPSA) is 75.0 Å². The largest absolute Gasteiger partial charge is 0.366 e. The summed E-state index contributed by atoms with van der Waals surface area (Å²) in [6, 6.07) is 7.56. The first-order valence-corrected chi connectivity index (χ1v) is 7.33. The van der Waals surface area contributed by atoms with Crippen molar-refractivity contribution in [3.8, 4) is 0 Å². The molecule has 5 nitrogen and oxygen atoms in total. The fraction of sp³-hybridized carbons (Fsp3) is 0.375. The van der Waals surface area contributed by atoms with Crippen LogP contribution in [0.25, 0.3) is 0 Å². The predicted octanol–water partition coefficient (Wildman–Crippen LogP) is 1.89. The van der Waals surface area contributed by atoms with Crippen molar-refractivity contribution in [1.82, 2.24) is 14.9 Å². The van der Waals surface area contributed by atoms with Crippen LogP contribution < -0.4 is 5.73 Å². The number of carbonyl (C=O) groups excluding carboxylic acids is 1. The van der Waals surface area contributed by atoms with Crippen LogP contribution in [0.3, 0.4) is 0 Å². The van der Waals surface area contributed by atoms with Crippen LogP contribution in [0.1, 0.15) is 40.5 Å². The van der Waals surface area contributed by atoms with Gasteiger partial charge in [0.1, 0.15) is 5.82 Å². The summed E-state index contributed by atoms with van der Waals surface area (Å²) in [6.45, 7) is 3.02. The molecule has 2 aromatic rings. The first kappa shape index (κ1) is 13.8. The van der Waals surface area contributed by atoms with Gasteiger partial charge in [0, 0.05) is 37.0 Å². The lowest BCUT2D eigenvalue weighted by molar-refractivity contribution is 0.100. The molecule has 5 heteroatoms. The van der Waals surface area contributed by atoms with Crippen molar-refractivity contribution in [2.24, 2.45) is 5.73 Å². The third-order valence-electron chi connectivity index (χ3n) is 4.06. The van der Waals surface area contributed by atoms with Crippen LogP contribution in [0.5, 0.6) is 0 Å². The van der Waals surface area contributed by atoms with Gasteiger partial charge in [-0.3, -0.25) is 9.69 Å². The van der Waals surface area contributed by atoms with Crippen molar-refractivity contribution in [3.05, 3.63) is 53.6 Å². The van der Waals surface area contributed by atoms with Gasteiger partial charge < -0.3 is 10.7 Å². The highest BCUT2D eigenvalue weighted by molar-refractivity contribution is 5.92. The molecule has 1 amide bonds. The summed E-state index contributed by atoms with van der Waals surface area (Å²) in [6.07, 6.45) is 6.07.